The minimum Gasteiger partial charge on any atom is -0.351 e. The van der Waals surface area contributed by atoms with Gasteiger partial charge in [0, 0.05) is 37.2 Å². The fourth-order valence-corrected chi connectivity index (χ4v) is 0.645. The van der Waals surface area contributed by atoms with Crippen molar-refractivity contribution in [2.45, 2.75) is 0 Å². The van der Waals surface area contributed by atoms with Crippen LogP contribution in [-0.2, 0) is 19.5 Å². The van der Waals surface area contributed by atoms with E-state index in [1.807, 2.05) is 0 Å². The number of aromatic nitrogens is 6. The van der Waals surface area contributed by atoms with Crippen LogP contribution < -0.4 is 0 Å². The van der Waals surface area contributed by atoms with Gasteiger partial charge in [0.15, 0.2) is 0 Å². The number of aromatic amines is 3. The molecule has 1 radical (unpaired) electrons. The number of hydrogen-bond donors (Lipinski definition) is 3. The zero-order valence-electron chi connectivity index (χ0n) is 8.39. The monoisotopic (exact) mass is 306 g/mol. The average molecular weight is 305 g/mol. The summed E-state index contributed by atoms with van der Waals surface area (Å²) in [6.45, 7) is 0. The van der Waals surface area contributed by atoms with E-state index in [1.165, 1.54) is 0 Å². The molecule has 0 saturated carbocycles. The van der Waals surface area contributed by atoms with Gasteiger partial charge in [-0.25, -0.2) is 15.0 Å². The topological polar surface area (TPSA) is 86.0 Å². The van der Waals surface area contributed by atoms with Crippen molar-refractivity contribution >= 4 is 0 Å². The third-order valence-electron chi connectivity index (χ3n) is 1.22. The van der Waals surface area contributed by atoms with Gasteiger partial charge in [0.2, 0.25) is 0 Å². The maximum Gasteiger partial charge on any atom is 3.00 e. The van der Waals surface area contributed by atoms with Gasteiger partial charge >= 0.3 is 19.5 Å². The van der Waals surface area contributed by atoms with Crippen LogP contribution in [0.1, 0.15) is 0 Å². The standard InChI is InChI=1S/3C3H4N2.Ru/c3*1-2-5-3-4-1;/h3*1-3H,(H,4,5);/q;;;+3. The molecule has 3 N–H and O–H groups in total. The van der Waals surface area contributed by atoms with E-state index in [2.05, 4.69) is 29.9 Å². The molecule has 0 spiro atoms. The molecule has 83 valence electrons. The Hall–Kier alpha value is -1.75. The molecule has 3 rings (SSSR count). The summed E-state index contributed by atoms with van der Waals surface area (Å²) in [4.78, 5) is 19.2. The molecule has 0 bridgehead atoms. The van der Waals surface area contributed by atoms with Crippen LogP contribution in [0, 0.1) is 0 Å². The normalized spacial score (nSPS) is 7.50. The van der Waals surface area contributed by atoms with Crippen LogP contribution in [0.4, 0.5) is 0 Å². The molecule has 3 aromatic rings. The predicted molar refractivity (Wildman–Crippen MR) is 55.8 cm³/mol. The molecule has 0 saturated heterocycles. The van der Waals surface area contributed by atoms with Crippen LogP contribution in [0.2, 0.25) is 0 Å². The van der Waals surface area contributed by atoms with Crippen molar-refractivity contribution in [2.24, 2.45) is 0 Å². The summed E-state index contributed by atoms with van der Waals surface area (Å²) in [5.74, 6) is 0. The van der Waals surface area contributed by atoms with E-state index >= 15 is 0 Å². The molecule has 3 heterocycles. The first-order valence-electron chi connectivity index (χ1n) is 4.28. The molecule has 0 unspecified atom stereocenters. The second-order valence-corrected chi connectivity index (χ2v) is 2.28. The van der Waals surface area contributed by atoms with E-state index in [9.17, 15) is 0 Å². The Morgan fingerprint density at radius 3 is 0.938 bits per heavy atom. The molecule has 0 atom stereocenters. The number of imidazole rings is 3. The van der Waals surface area contributed by atoms with Crippen LogP contribution in [0.15, 0.2) is 56.2 Å². The predicted octanol–water partition coefficient (Wildman–Crippen LogP) is 1.23. The Balaban J connectivity index is 0.000000205. The second-order valence-electron chi connectivity index (χ2n) is 2.28. The summed E-state index contributed by atoms with van der Waals surface area (Å²) >= 11 is 0. The number of hydrogen-bond acceptors (Lipinski definition) is 3. The zero-order chi connectivity index (χ0) is 10.6. The van der Waals surface area contributed by atoms with Gasteiger partial charge in [-0.15, -0.1) is 0 Å². The van der Waals surface area contributed by atoms with Crippen LogP contribution >= 0.6 is 0 Å². The summed E-state index contributed by atoms with van der Waals surface area (Å²) in [5, 5.41) is 0. The number of nitrogens with one attached hydrogen (secondary N) is 3. The van der Waals surface area contributed by atoms with Gasteiger partial charge in [0.1, 0.15) is 0 Å². The number of nitrogens with zero attached hydrogens (tertiary/aromatic N) is 3. The SMILES string of the molecule is [Ru+3].c1c[nH]cn1.c1c[nH]cn1.c1c[nH]cn1. The minimum atomic E-state index is 0. The molecular formula is C9H12N6Ru+3. The summed E-state index contributed by atoms with van der Waals surface area (Å²) < 4.78 is 0. The van der Waals surface area contributed by atoms with Gasteiger partial charge < -0.3 is 15.0 Å². The van der Waals surface area contributed by atoms with E-state index in [0.717, 1.165) is 0 Å². The fraction of sp³-hybridized carbons (Fsp3) is 0. The van der Waals surface area contributed by atoms with Gasteiger partial charge in [0.25, 0.3) is 0 Å². The third kappa shape index (κ3) is 8.83. The van der Waals surface area contributed by atoms with Crippen molar-refractivity contribution in [1.29, 1.82) is 0 Å². The molecule has 0 aliphatic rings. The average Bonchev–Trinajstić information content (AvgIpc) is 3.09. The second kappa shape index (κ2) is 11.3. The molecule has 0 aliphatic heterocycles. The first-order valence-corrected chi connectivity index (χ1v) is 4.28. The minimum absolute atomic E-state index is 0. The van der Waals surface area contributed by atoms with E-state index < -0.39 is 0 Å². The van der Waals surface area contributed by atoms with Crippen molar-refractivity contribution < 1.29 is 19.5 Å². The van der Waals surface area contributed by atoms with Gasteiger partial charge in [-0.05, 0) is 0 Å². The largest absolute Gasteiger partial charge is 3.00 e. The smallest absolute Gasteiger partial charge is 0.351 e. The van der Waals surface area contributed by atoms with E-state index in [-0.39, 0.29) is 19.5 Å². The van der Waals surface area contributed by atoms with Crippen LogP contribution in [0.3, 0.4) is 0 Å². The van der Waals surface area contributed by atoms with Gasteiger partial charge in [0.05, 0.1) is 19.0 Å². The Labute approximate surface area is 106 Å². The molecule has 0 fully saturated rings. The fourth-order valence-electron chi connectivity index (χ4n) is 0.645. The van der Waals surface area contributed by atoms with Crippen molar-refractivity contribution in [3.8, 4) is 0 Å². The first-order chi connectivity index (χ1) is 7.50. The van der Waals surface area contributed by atoms with Crippen LogP contribution in [0.5, 0.6) is 0 Å². The van der Waals surface area contributed by atoms with Crippen LogP contribution in [0.25, 0.3) is 0 Å². The summed E-state index contributed by atoms with van der Waals surface area (Å²) in [5.41, 5.74) is 0. The molecule has 3 aromatic heterocycles. The Kier molecular flexibility index (Phi) is 10.1. The van der Waals surface area contributed by atoms with Gasteiger partial charge in [-0.1, -0.05) is 0 Å². The summed E-state index contributed by atoms with van der Waals surface area (Å²) in [6.07, 6.45) is 15.2. The van der Waals surface area contributed by atoms with E-state index in [1.54, 1.807) is 56.2 Å². The summed E-state index contributed by atoms with van der Waals surface area (Å²) in [6, 6.07) is 0. The Bertz CT molecular complexity index is 252. The van der Waals surface area contributed by atoms with E-state index in [0.29, 0.717) is 0 Å². The van der Waals surface area contributed by atoms with E-state index in [4.69, 9.17) is 0 Å². The Morgan fingerprint density at radius 2 is 0.875 bits per heavy atom. The maximum atomic E-state index is 3.67. The van der Waals surface area contributed by atoms with Crippen molar-refractivity contribution in [2.75, 3.05) is 0 Å². The molecular weight excluding hydrogens is 293 g/mol. The molecule has 0 amide bonds. The summed E-state index contributed by atoms with van der Waals surface area (Å²) in [7, 11) is 0. The molecule has 6 nitrogen and oxygen atoms in total. The van der Waals surface area contributed by atoms with Crippen LogP contribution in [-0.4, -0.2) is 29.9 Å². The quantitative estimate of drug-likeness (QED) is 0.546. The maximum absolute atomic E-state index is 3.67. The Morgan fingerprint density at radius 1 is 0.562 bits per heavy atom. The van der Waals surface area contributed by atoms with Crippen molar-refractivity contribution in [3.05, 3.63) is 56.2 Å². The molecule has 7 heteroatoms. The number of rotatable bonds is 0. The van der Waals surface area contributed by atoms with Gasteiger partial charge in [-0.2, -0.15) is 0 Å². The van der Waals surface area contributed by atoms with Crippen molar-refractivity contribution in [1.82, 2.24) is 29.9 Å². The molecule has 0 aliphatic carbocycles. The van der Waals surface area contributed by atoms with Crippen molar-refractivity contribution in [3.63, 3.8) is 0 Å². The van der Waals surface area contributed by atoms with Gasteiger partial charge in [-0.3, -0.25) is 0 Å². The third-order valence-corrected chi connectivity index (χ3v) is 1.22. The number of H-pyrrole nitrogens is 3. The molecule has 0 aromatic carbocycles. The first kappa shape index (κ1) is 14.3. The molecule has 16 heavy (non-hydrogen) atoms. The zero-order valence-corrected chi connectivity index (χ0v) is 10.1.